The predicted octanol–water partition coefficient (Wildman–Crippen LogP) is 6.69. The van der Waals surface area contributed by atoms with Gasteiger partial charge in [-0.05, 0) is 37.4 Å². The minimum atomic E-state index is 0.125. The summed E-state index contributed by atoms with van der Waals surface area (Å²) >= 11 is 5.35. The summed E-state index contributed by atoms with van der Waals surface area (Å²) in [5.74, 6) is 0. The van der Waals surface area contributed by atoms with E-state index in [0.717, 1.165) is 11.1 Å². The quantitative estimate of drug-likeness (QED) is 0.195. The molecule has 3 rings (SSSR count). The molecule has 0 aromatic heterocycles. The first-order valence-electron chi connectivity index (χ1n) is 9.03. The zero-order valence-electron chi connectivity index (χ0n) is 15.9. The normalized spacial score (nSPS) is 13.2. The Bertz CT molecular complexity index is 809. The number of benzene rings is 3. The number of nitrogens with zero attached hydrogens (tertiary/aromatic N) is 2. The second-order valence-electron chi connectivity index (χ2n) is 6.29. The van der Waals surface area contributed by atoms with Crippen molar-refractivity contribution in [2.24, 2.45) is 9.98 Å². The third-order valence-corrected chi connectivity index (χ3v) is 4.28. The Balaban J connectivity index is 0.00000136. The number of halogens is 1. The third-order valence-electron chi connectivity index (χ3n) is 4.28. The van der Waals surface area contributed by atoms with Crippen molar-refractivity contribution in [1.29, 1.82) is 0 Å². The van der Waals surface area contributed by atoms with E-state index in [0.29, 0.717) is 0 Å². The number of hydrogen-bond acceptors (Lipinski definition) is 2. The number of aliphatic imine (C=N–C) groups is 2. The van der Waals surface area contributed by atoms with Gasteiger partial charge in [0.15, 0.2) is 0 Å². The second-order valence-corrected chi connectivity index (χ2v) is 6.29. The Morgan fingerprint density at radius 1 is 0.679 bits per heavy atom. The average molecular weight is 526 g/mol. The molecule has 0 spiro atoms. The van der Waals surface area contributed by atoms with Crippen LogP contribution in [0.3, 0.4) is 0 Å². The van der Waals surface area contributed by atoms with Crippen molar-refractivity contribution in [2.45, 2.75) is 25.9 Å². The molecular formula is C24H23BrN2Pd. The Labute approximate surface area is 185 Å². The zero-order chi connectivity index (χ0) is 20.2. The molecule has 0 amide bonds. The Morgan fingerprint density at radius 2 is 1.07 bits per heavy atom. The van der Waals surface area contributed by atoms with Crippen LogP contribution in [0.5, 0.6) is 0 Å². The van der Waals surface area contributed by atoms with Gasteiger partial charge in [0, 0.05) is 0 Å². The molecule has 2 atom stereocenters. The molecule has 4 heteroatoms. The number of rotatable bonds is 6. The second kappa shape index (κ2) is 12.6. The van der Waals surface area contributed by atoms with E-state index in [-0.39, 0.29) is 12.1 Å². The summed E-state index contributed by atoms with van der Waals surface area (Å²) in [5.41, 5.74) is 4.34. The molecule has 0 aliphatic rings. The molecule has 0 heterocycles. The molecule has 2 nitrogen and oxygen atoms in total. The van der Waals surface area contributed by atoms with E-state index in [1.807, 2.05) is 67.0 Å². The SMILES string of the molecule is C[C@H](N=Cc1[c-]c(C=N[C@@H](C)c2ccccc2)ccc1)c1ccccc1.[Br][Pd+]. The van der Waals surface area contributed by atoms with Gasteiger partial charge in [0.2, 0.25) is 0 Å². The van der Waals surface area contributed by atoms with E-state index < -0.39 is 0 Å². The van der Waals surface area contributed by atoms with Crippen molar-refractivity contribution in [1.82, 2.24) is 0 Å². The third kappa shape index (κ3) is 7.28. The molecule has 28 heavy (non-hydrogen) atoms. The van der Waals surface area contributed by atoms with Crippen molar-refractivity contribution >= 4 is 25.9 Å². The minimum absolute atomic E-state index is 0.125. The topological polar surface area (TPSA) is 24.7 Å². The molecule has 0 saturated heterocycles. The first-order chi connectivity index (χ1) is 13.7. The van der Waals surface area contributed by atoms with Crippen LogP contribution in [-0.4, -0.2) is 12.4 Å². The number of hydrogen-bond donors (Lipinski definition) is 0. The molecule has 3 aromatic carbocycles. The van der Waals surface area contributed by atoms with Crippen LogP contribution in [0.25, 0.3) is 0 Å². The summed E-state index contributed by atoms with van der Waals surface area (Å²) in [6.45, 7) is 4.19. The van der Waals surface area contributed by atoms with Gasteiger partial charge in [0.05, 0.1) is 12.1 Å². The fourth-order valence-corrected chi connectivity index (χ4v) is 2.68. The van der Waals surface area contributed by atoms with Crippen molar-refractivity contribution < 1.29 is 17.2 Å². The monoisotopic (exact) mass is 524 g/mol. The maximum atomic E-state index is 4.65. The summed E-state index contributed by atoms with van der Waals surface area (Å²) in [5, 5.41) is 0. The van der Waals surface area contributed by atoms with E-state index in [1.54, 1.807) is 0 Å². The summed E-state index contributed by atoms with van der Waals surface area (Å²) in [6.07, 6.45) is 3.77. The molecule has 0 fully saturated rings. The van der Waals surface area contributed by atoms with Crippen LogP contribution in [0.2, 0.25) is 0 Å². The zero-order valence-corrected chi connectivity index (χ0v) is 19.0. The Hall–Kier alpha value is -1.86. The molecule has 0 radical (unpaired) electrons. The van der Waals surface area contributed by atoms with E-state index >= 15 is 0 Å². The average Bonchev–Trinajstić information content (AvgIpc) is 2.78. The molecule has 0 N–H and O–H groups in total. The van der Waals surface area contributed by atoms with Crippen LogP contribution in [0.4, 0.5) is 0 Å². The summed E-state index contributed by atoms with van der Waals surface area (Å²) < 4.78 is 0. The van der Waals surface area contributed by atoms with Crippen LogP contribution >= 0.6 is 13.4 Å². The summed E-state index contributed by atoms with van der Waals surface area (Å²) in [6, 6.07) is 30.2. The van der Waals surface area contributed by atoms with Crippen molar-refractivity contribution in [3.05, 3.63) is 107 Å². The van der Waals surface area contributed by atoms with Crippen molar-refractivity contribution in [3.63, 3.8) is 0 Å². The molecule has 0 unspecified atom stereocenters. The molecule has 146 valence electrons. The van der Waals surface area contributed by atoms with Gasteiger partial charge >= 0.3 is 30.6 Å². The maximum absolute atomic E-state index is 4.65. The van der Waals surface area contributed by atoms with Gasteiger partial charge < -0.3 is 9.98 Å². The first kappa shape index (κ1) is 22.4. The fraction of sp³-hybridized carbons (Fsp3) is 0.167. The van der Waals surface area contributed by atoms with Gasteiger partial charge in [0.25, 0.3) is 0 Å². The van der Waals surface area contributed by atoms with E-state index in [2.05, 4.69) is 84.8 Å². The van der Waals surface area contributed by atoms with Gasteiger partial charge in [-0.3, -0.25) is 0 Å². The van der Waals surface area contributed by atoms with Crippen LogP contribution in [0.15, 0.2) is 88.8 Å². The first-order valence-corrected chi connectivity index (χ1v) is 12.6. The molecule has 0 aliphatic heterocycles. The Kier molecular flexibility index (Phi) is 10.1. The van der Waals surface area contributed by atoms with E-state index in [1.165, 1.54) is 11.1 Å². The Morgan fingerprint density at radius 3 is 1.46 bits per heavy atom. The molecule has 0 saturated carbocycles. The van der Waals surface area contributed by atoms with Gasteiger partial charge in [-0.1, -0.05) is 60.7 Å². The van der Waals surface area contributed by atoms with Gasteiger partial charge in [0.1, 0.15) is 0 Å². The standard InChI is InChI=1S/C24H23N2.BrH.Pd/c1-19(23-12-5-3-6-13-23)25-17-21-10-9-11-22(16-21)18-26-20(2)24-14-7-4-8-15-24;;/h3-15,17-20H,1-2H3;1H;/q-1;;+2/p-1/t19-,20-;;/m0../s1. The fourth-order valence-electron chi connectivity index (χ4n) is 2.68. The van der Waals surface area contributed by atoms with Crippen molar-refractivity contribution in [3.8, 4) is 0 Å². The van der Waals surface area contributed by atoms with Crippen LogP contribution in [-0.2, 0) is 17.2 Å². The molecule has 0 bridgehead atoms. The summed E-state index contributed by atoms with van der Waals surface area (Å²) in [7, 11) is 0. The van der Waals surface area contributed by atoms with Crippen molar-refractivity contribution in [2.75, 3.05) is 0 Å². The van der Waals surface area contributed by atoms with E-state index in [4.69, 9.17) is 0 Å². The van der Waals surface area contributed by atoms with Crippen LogP contribution < -0.4 is 0 Å². The predicted molar refractivity (Wildman–Crippen MR) is 119 cm³/mol. The van der Waals surface area contributed by atoms with Crippen LogP contribution in [0.1, 0.15) is 48.2 Å². The molecular weight excluding hydrogens is 503 g/mol. The molecule has 0 aliphatic carbocycles. The van der Waals surface area contributed by atoms with E-state index in [9.17, 15) is 0 Å². The van der Waals surface area contributed by atoms with Gasteiger partial charge in [-0.2, -0.15) is 0 Å². The summed E-state index contributed by atoms with van der Waals surface area (Å²) in [4.78, 5) is 9.30. The van der Waals surface area contributed by atoms with Gasteiger partial charge in [-0.15, -0.1) is 35.4 Å². The van der Waals surface area contributed by atoms with Crippen LogP contribution in [0, 0.1) is 6.07 Å². The van der Waals surface area contributed by atoms with Gasteiger partial charge in [-0.25, -0.2) is 0 Å². The molecule has 3 aromatic rings.